The Hall–Kier alpha value is -2.62. The molecule has 0 amide bonds. The van der Waals surface area contributed by atoms with Gasteiger partial charge in [0.1, 0.15) is 11.6 Å². The van der Waals surface area contributed by atoms with Crippen molar-refractivity contribution < 1.29 is 5.11 Å². The molecule has 0 aliphatic rings. The molecule has 4 heteroatoms. The minimum atomic E-state index is 0.158. The maximum atomic E-state index is 9.43. The van der Waals surface area contributed by atoms with E-state index >= 15 is 0 Å². The van der Waals surface area contributed by atoms with Crippen molar-refractivity contribution in [3.05, 3.63) is 48.5 Å². The van der Waals surface area contributed by atoms with E-state index in [1.165, 1.54) is 0 Å². The highest BCUT2D eigenvalue weighted by molar-refractivity contribution is 5.90. The van der Waals surface area contributed by atoms with E-state index in [0.29, 0.717) is 17.0 Å². The molecule has 3 N–H and O–H groups in total. The maximum Gasteiger partial charge on any atom is 0.162 e. The van der Waals surface area contributed by atoms with Gasteiger partial charge in [-0.15, -0.1) is 0 Å². The number of anilines is 1. The summed E-state index contributed by atoms with van der Waals surface area (Å²) >= 11 is 0. The average molecular weight is 237 g/mol. The van der Waals surface area contributed by atoms with Crippen molar-refractivity contribution in [1.29, 1.82) is 0 Å². The molecule has 0 aliphatic heterocycles. The van der Waals surface area contributed by atoms with Crippen LogP contribution in [-0.2, 0) is 0 Å². The summed E-state index contributed by atoms with van der Waals surface area (Å²) in [4.78, 5) is 8.71. The van der Waals surface area contributed by atoms with Gasteiger partial charge in [-0.3, -0.25) is 0 Å². The standard InChI is InChI=1S/C14H11N3O/c15-13-11-8-10(18)6-7-12(11)16-14(17-13)9-4-2-1-3-5-9/h1-8,18H,(H2,15,16,17). The number of aromatic nitrogens is 2. The monoisotopic (exact) mass is 237 g/mol. The minimum absolute atomic E-state index is 0.158. The molecule has 0 fully saturated rings. The third-order valence-corrected chi connectivity index (χ3v) is 2.74. The number of rotatable bonds is 1. The van der Waals surface area contributed by atoms with E-state index in [1.807, 2.05) is 30.3 Å². The molecular weight excluding hydrogens is 226 g/mol. The maximum absolute atomic E-state index is 9.43. The first-order valence-electron chi connectivity index (χ1n) is 5.56. The predicted octanol–water partition coefficient (Wildman–Crippen LogP) is 2.58. The normalized spacial score (nSPS) is 10.7. The molecule has 0 aliphatic carbocycles. The molecule has 3 rings (SSSR count). The third kappa shape index (κ3) is 1.73. The van der Waals surface area contributed by atoms with E-state index in [0.717, 1.165) is 11.1 Å². The van der Waals surface area contributed by atoms with Gasteiger partial charge in [0.15, 0.2) is 5.82 Å². The molecule has 0 saturated carbocycles. The fourth-order valence-electron chi connectivity index (χ4n) is 1.86. The van der Waals surface area contributed by atoms with Gasteiger partial charge in [0.05, 0.1) is 5.52 Å². The molecule has 88 valence electrons. The van der Waals surface area contributed by atoms with E-state index in [1.54, 1.807) is 18.2 Å². The number of nitrogens with two attached hydrogens (primary N) is 1. The van der Waals surface area contributed by atoms with Crippen molar-refractivity contribution in [1.82, 2.24) is 9.97 Å². The molecule has 0 unspecified atom stereocenters. The van der Waals surface area contributed by atoms with Crippen molar-refractivity contribution in [2.75, 3.05) is 5.73 Å². The topological polar surface area (TPSA) is 72.0 Å². The zero-order valence-electron chi connectivity index (χ0n) is 9.54. The van der Waals surface area contributed by atoms with Gasteiger partial charge in [-0.05, 0) is 18.2 Å². The summed E-state index contributed by atoms with van der Waals surface area (Å²) in [6, 6.07) is 14.5. The zero-order chi connectivity index (χ0) is 12.5. The Morgan fingerprint density at radius 3 is 2.50 bits per heavy atom. The first-order valence-corrected chi connectivity index (χ1v) is 5.56. The van der Waals surface area contributed by atoms with Crippen molar-refractivity contribution in [2.24, 2.45) is 0 Å². The smallest absolute Gasteiger partial charge is 0.162 e. The molecule has 0 atom stereocenters. The number of fused-ring (bicyclic) bond motifs is 1. The highest BCUT2D eigenvalue weighted by atomic mass is 16.3. The largest absolute Gasteiger partial charge is 0.508 e. The predicted molar refractivity (Wildman–Crippen MR) is 71.1 cm³/mol. The number of aromatic hydroxyl groups is 1. The van der Waals surface area contributed by atoms with E-state index in [-0.39, 0.29) is 5.75 Å². The first kappa shape index (κ1) is 10.5. The lowest BCUT2D eigenvalue weighted by molar-refractivity contribution is 0.476. The quantitative estimate of drug-likeness (QED) is 0.682. The van der Waals surface area contributed by atoms with Crippen LogP contribution in [0, 0.1) is 0 Å². The average Bonchev–Trinajstić information content (AvgIpc) is 2.40. The Bertz CT molecular complexity index is 711. The highest BCUT2D eigenvalue weighted by Gasteiger charge is 2.07. The molecule has 3 aromatic rings. The van der Waals surface area contributed by atoms with Gasteiger partial charge < -0.3 is 10.8 Å². The third-order valence-electron chi connectivity index (χ3n) is 2.74. The lowest BCUT2D eigenvalue weighted by atomic mass is 10.2. The van der Waals surface area contributed by atoms with E-state index < -0.39 is 0 Å². The summed E-state index contributed by atoms with van der Waals surface area (Å²) in [5.41, 5.74) is 7.54. The molecule has 0 radical (unpaired) electrons. The Balaban J connectivity index is 2.25. The minimum Gasteiger partial charge on any atom is -0.508 e. The Morgan fingerprint density at radius 2 is 1.72 bits per heavy atom. The van der Waals surface area contributed by atoms with Crippen LogP contribution in [0.15, 0.2) is 48.5 Å². The summed E-state index contributed by atoms with van der Waals surface area (Å²) in [7, 11) is 0. The lowest BCUT2D eigenvalue weighted by Crippen LogP contribution is -1.97. The fourth-order valence-corrected chi connectivity index (χ4v) is 1.86. The van der Waals surface area contributed by atoms with Gasteiger partial charge in [-0.1, -0.05) is 30.3 Å². The number of phenolic OH excluding ortho intramolecular Hbond substituents is 1. The summed E-state index contributed by atoms with van der Waals surface area (Å²) in [6.45, 7) is 0. The molecule has 1 heterocycles. The number of hydrogen-bond donors (Lipinski definition) is 2. The van der Waals surface area contributed by atoms with E-state index in [9.17, 15) is 5.11 Å². The van der Waals surface area contributed by atoms with Gasteiger partial charge in [-0.2, -0.15) is 0 Å². The van der Waals surface area contributed by atoms with Gasteiger partial charge in [0, 0.05) is 10.9 Å². The van der Waals surface area contributed by atoms with E-state index in [4.69, 9.17) is 5.73 Å². The van der Waals surface area contributed by atoms with Crippen molar-refractivity contribution in [3.8, 4) is 17.1 Å². The first-order chi connectivity index (χ1) is 8.74. The Kier molecular flexibility index (Phi) is 2.34. The van der Waals surface area contributed by atoms with Crippen LogP contribution in [0.3, 0.4) is 0 Å². The van der Waals surface area contributed by atoms with Crippen molar-refractivity contribution >= 4 is 16.7 Å². The number of hydrogen-bond acceptors (Lipinski definition) is 4. The van der Waals surface area contributed by atoms with Crippen molar-refractivity contribution in [2.45, 2.75) is 0 Å². The second kappa shape index (κ2) is 4.00. The lowest BCUT2D eigenvalue weighted by Gasteiger charge is -2.05. The van der Waals surface area contributed by atoms with Crippen LogP contribution < -0.4 is 5.73 Å². The van der Waals surface area contributed by atoms with Gasteiger partial charge in [0.2, 0.25) is 0 Å². The molecule has 0 bridgehead atoms. The van der Waals surface area contributed by atoms with Crippen LogP contribution in [0.1, 0.15) is 0 Å². The molecular formula is C14H11N3O. The second-order valence-electron chi connectivity index (χ2n) is 4.00. The number of benzene rings is 2. The molecule has 4 nitrogen and oxygen atoms in total. The molecule has 1 aromatic heterocycles. The van der Waals surface area contributed by atoms with Gasteiger partial charge in [0.25, 0.3) is 0 Å². The summed E-state index contributed by atoms with van der Waals surface area (Å²) in [5.74, 6) is 1.12. The zero-order valence-corrected chi connectivity index (χ0v) is 9.54. The Morgan fingerprint density at radius 1 is 0.944 bits per heavy atom. The van der Waals surface area contributed by atoms with Gasteiger partial charge >= 0.3 is 0 Å². The van der Waals surface area contributed by atoms with Crippen LogP contribution in [0.4, 0.5) is 5.82 Å². The number of nitrogens with zero attached hydrogens (tertiary/aromatic N) is 2. The van der Waals surface area contributed by atoms with Crippen LogP contribution in [0.2, 0.25) is 0 Å². The number of nitrogen functional groups attached to an aromatic ring is 1. The SMILES string of the molecule is Nc1nc(-c2ccccc2)nc2ccc(O)cc12. The fraction of sp³-hybridized carbons (Fsp3) is 0. The van der Waals surface area contributed by atoms with Crippen LogP contribution in [0.5, 0.6) is 5.75 Å². The second-order valence-corrected chi connectivity index (χ2v) is 4.00. The Labute approximate surface area is 104 Å². The molecule has 0 saturated heterocycles. The van der Waals surface area contributed by atoms with Gasteiger partial charge in [-0.25, -0.2) is 9.97 Å². The van der Waals surface area contributed by atoms with E-state index in [2.05, 4.69) is 9.97 Å². The molecule has 18 heavy (non-hydrogen) atoms. The summed E-state index contributed by atoms with van der Waals surface area (Å²) in [6.07, 6.45) is 0. The van der Waals surface area contributed by atoms with Crippen LogP contribution >= 0.6 is 0 Å². The van der Waals surface area contributed by atoms with Crippen molar-refractivity contribution in [3.63, 3.8) is 0 Å². The summed E-state index contributed by atoms with van der Waals surface area (Å²) < 4.78 is 0. The highest BCUT2D eigenvalue weighted by Crippen LogP contribution is 2.25. The molecule has 2 aromatic carbocycles. The molecule has 0 spiro atoms. The van der Waals surface area contributed by atoms with Crippen LogP contribution in [-0.4, -0.2) is 15.1 Å². The number of phenols is 1. The summed E-state index contributed by atoms with van der Waals surface area (Å²) in [5, 5.41) is 10.1. The van der Waals surface area contributed by atoms with Crippen LogP contribution in [0.25, 0.3) is 22.3 Å².